The number of thiophene rings is 1. The molecule has 0 atom stereocenters. The van der Waals surface area contributed by atoms with Gasteiger partial charge in [0.25, 0.3) is 5.56 Å². The molecule has 0 bridgehead atoms. The van der Waals surface area contributed by atoms with Crippen molar-refractivity contribution in [1.82, 2.24) is 14.6 Å². The van der Waals surface area contributed by atoms with Gasteiger partial charge in [0.1, 0.15) is 4.83 Å². The lowest BCUT2D eigenvalue weighted by molar-refractivity contribution is 0.699. The molecule has 4 rings (SSSR count). The van der Waals surface area contributed by atoms with Crippen molar-refractivity contribution in [3.63, 3.8) is 0 Å². The number of H-pyrrole nitrogens is 1. The molecule has 4 nitrogen and oxygen atoms in total. The number of aryl methyl sites for hydroxylation is 2. The standard InChI is InChI=1S/C11H9N3OS3/c15-9-7-5-3-1-2-4-6(5)17-8(7)12-10-14(9)13-11(16)18-10/h1-4H2,(H,13,16). The van der Waals surface area contributed by atoms with Gasteiger partial charge in [0.2, 0.25) is 4.96 Å². The fourth-order valence-corrected chi connectivity index (χ4v) is 4.83. The van der Waals surface area contributed by atoms with Crippen LogP contribution in [-0.4, -0.2) is 14.6 Å². The Morgan fingerprint density at radius 3 is 3.00 bits per heavy atom. The average Bonchev–Trinajstić information content (AvgIpc) is 2.89. The Hall–Kier alpha value is -1.05. The van der Waals surface area contributed by atoms with Gasteiger partial charge in [-0.3, -0.25) is 9.89 Å². The van der Waals surface area contributed by atoms with Gasteiger partial charge >= 0.3 is 0 Å². The van der Waals surface area contributed by atoms with E-state index in [4.69, 9.17) is 12.2 Å². The third-order valence-electron chi connectivity index (χ3n) is 3.35. The molecule has 1 N–H and O–H groups in total. The van der Waals surface area contributed by atoms with Crippen molar-refractivity contribution >= 4 is 50.1 Å². The van der Waals surface area contributed by atoms with E-state index in [0.29, 0.717) is 8.92 Å². The summed E-state index contributed by atoms with van der Waals surface area (Å²) >= 11 is 8.09. The molecule has 0 aliphatic heterocycles. The van der Waals surface area contributed by atoms with Crippen molar-refractivity contribution < 1.29 is 0 Å². The third kappa shape index (κ3) is 1.38. The molecule has 0 saturated heterocycles. The van der Waals surface area contributed by atoms with Crippen molar-refractivity contribution in [2.24, 2.45) is 0 Å². The van der Waals surface area contributed by atoms with E-state index in [-0.39, 0.29) is 5.56 Å². The van der Waals surface area contributed by atoms with Crippen LogP contribution in [0.5, 0.6) is 0 Å². The summed E-state index contributed by atoms with van der Waals surface area (Å²) in [6, 6.07) is 0. The maximum atomic E-state index is 12.5. The zero-order valence-electron chi connectivity index (χ0n) is 9.36. The Labute approximate surface area is 115 Å². The molecule has 0 saturated carbocycles. The molecule has 1 aliphatic rings. The molecule has 0 spiro atoms. The van der Waals surface area contributed by atoms with Gasteiger partial charge in [-0.2, -0.15) is 4.52 Å². The normalized spacial score (nSPS) is 15.3. The summed E-state index contributed by atoms with van der Waals surface area (Å²) in [5.41, 5.74) is 1.22. The van der Waals surface area contributed by atoms with Crippen LogP contribution in [0.4, 0.5) is 0 Å². The van der Waals surface area contributed by atoms with E-state index < -0.39 is 0 Å². The van der Waals surface area contributed by atoms with Crippen LogP contribution in [-0.2, 0) is 12.8 Å². The van der Waals surface area contributed by atoms with Crippen molar-refractivity contribution in [1.29, 1.82) is 0 Å². The molecule has 3 heterocycles. The monoisotopic (exact) mass is 295 g/mol. The molecule has 92 valence electrons. The van der Waals surface area contributed by atoms with Gasteiger partial charge in [0, 0.05) is 4.88 Å². The molecule has 1 aliphatic carbocycles. The predicted octanol–water partition coefficient (Wildman–Crippen LogP) is 2.91. The first-order valence-corrected chi connectivity index (χ1v) is 7.84. The number of nitrogens with zero attached hydrogens (tertiary/aromatic N) is 2. The number of rotatable bonds is 0. The van der Waals surface area contributed by atoms with Gasteiger partial charge in [-0.15, -0.1) is 11.3 Å². The highest BCUT2D eigenvalue weighted by atomic mass is 32.1. The number of hydrogen-bond donors (Lipinski definition) is 1. The Morgan fingerprint density at radius 2 is 2.11 bits per heavy atom. The molecule has 18 heavy (non-hydrogen) atoms. The van der Waals surface area contributed by atoms with E-state index >= 15 is 0 Å². The zero-order valence-corrected chi connectivity index (χ0v) is 11.8. The summed E-state index contributed by atoms with van der Waals surface area (Å²) in [5.74, 6) is 0. The van der Waals surface area contributed by atoms with Crippen LogP contribution in [0.2, 0.25) is 0 Å². The first kappa shape index (κ1) is 10.8. The van der Waals surface area contributed by atoms with Crippen molar-refractivity contribution in [3.8, 4) is 0 Å². The first-order valence-electron chi connectivity index (χ1n) is 5.80. The number of nitrogens with one attached hydrogen (secondary N) is 1. The number of aromatic amines is 1. The largest absolute Gasteiger partial charge is 0.282 e. The van der Waals surface area contributed by atoms with Crippen LogP contribution in [0, 0.1) is 3.95 Å². The molecule has 7 heteroatoms. The van der Waals surface area contributed by atoms with Crippen LogP contribution >= 0.6 is 34.9 Å². The van der Waals surface area contributed by atoms with Crippen molar-refractivity contribution in [2.75, 3.05) is 0 Å². The lowest BCUT2D eigenvalue weighted by Crippen LogP contribution is -2.16. The van der Waals surface area contributed by atoms with Gasteiger partial charge in [-0.1, -0.05) is 11.3 Å². The second-order valence-electron chi connectivity index (χ2n) is 4.43. The summed E-state index contributed by atoms with van der Waals surface area (Å²) in [5, 5.41) is 3.70. The highest BCUT2D eigenvalue weighted by Crippen LogP contribution is 2.33. The van der Waals surface area contributed by atoms with Crippen LogP contribution < -0.4 is 5.56 Å². The van der Waals surface area contributed by atoms with E-state index in [1.165, 1.54) is 39.1 Å². The van der Waals surface area contributed by atoms with Gasteiger partial charge < -0.3 is 0 Å². The fraction of sp³-hybridized carbons (Fsp3) is 0.364. The Balaban J connectivity index is 2.24. The minimum Gasteiger partial charge on any atom is -0.270 e. The molecular formula is C11H9N3OS3. The van der Waals surface area contributed by atoms with Crippen LogP contribution in [0.3, 0.4) is 0 Å². The quantitative estimate of drug-likeness (QED) is 0.649. The fourth-order valence-electron chi connectivity index (χ4n) is 2.55. The van der Waals surface area contributed by atoms with E-state index in [1.54, 1.807) is 11.3 Å². The Bertz CT molecular complexity index is 883. The first-order chi connectivity index (χ1) is 8.74. The molecule has 0 amide bonds. The van der Waals surface area contributed by atoms with E-state index in [2.05, 4.69) is 10.1 Å². The minimum absolute atomic E-state index is 0.00162. The van der Waals surface area contributed by atoms with Gasteiger partial charge in [0.15, 0.2) is 3.95 Å². The summed E-state index contributed by atoms with van der Waals surface area (Å²) in [7, 11) is 0. The summed E-state index contributed by atoms with van der Waals surface area (Å²) in [4.78, 5) is 19.9. The summed E-state index contributed by atoms with van der Waals surface area (Å²) in [6.07, 6.45) is 4.48. The maximum absolute atomic E-state index is 12.5. The summed E-state index contributed by atoms with van der Waals surface area (Å²) < 4.78 is 2.07. The molecule has 0 fully saturated rings. The average molecular weight is 295 g/mol. The second-order valence-corrected chi connectivity index (χ2v) is 7.16. The zero-order chi connectivity index (χ0) is 12.3. The predicted molar refractivity (Wildman–Crippen MR) is 76.5 cm³/mol. The molecule has 3 aromatic heterocycles. The van der Waals surface area contributed by atoms with Gasteiger partial charge in [0.05, 0.1) is 5.39 Å². The van der Waals surface area contributed by atoms with Crippen LogP contribution in [0.1, 0.15) is 23.3 Å². The molecule has 0 radical (unpaired) electrons. The molecule has 0 aromatic carbocycles. The topological polar surface area (TPSA) is 50.2 Å². The van der Waals surface area contributed by atoms with Crippen LogP contribution in [0.25, 0.3) is 15.2 Å². The SMILES string of the molecule is O=c1c2c3c(sc2nc2sc(=S)[nH]n12)CCCC3. The summed E-state index contributed by atoms with van der Waals surface area (Å²) in [6.45, 7) is 0. The van der Waals surface area contributed by atoms with Gasteiger partial charge in [-0.25, -0.2) is 4.98 Å². The lowest BCUT2D eigenvalue weighted by Gasteiger charge is -2.09. The third-order valence-corrected chi connectivity index (χ3v) is 5.61. The minimum atomic E-state index is 0.00162. The highest BCUT2D eigenvalue weighted by Gasteiger charge is 2.20. The van der Waals surface area contributed by atoms with E-state index in [1.807, 2.05) is 0 Å². The van der Waals surface area contributed by atoms with Crippen molar-refractivity contribution in [2.45, 2.75) is 25.7 Å². The molecule has 3 aromatic rings. The van der Waals surface area contributed by atoms with Gasteiger partial charge in [-0.05, 0) is 43.5 Å². The molecule has 0 unspecified atom stereocenters. The van der Waals surface area contributed by atoms with Crippen molar-refractivity contribution in [3.05, 3.63) is 24.7 Å². The molecular weight excluding hydrogens is 286 g/mol. The maximum Gasteiger partial charge on any atom is 0.282 e. The Kier molecular flexibility index (Phi) is 2.24. The Morgan fingerprint density at radius 1 is 1.28 bits per heavy atom. The van der Waals surface area contributed by atoms with E-state index in [9.17, 15) is 4.79 Å². The highest BCUT2D eigenvalue weighted by molar-refractivity contribution is 7.73. The number of hydrogen-bond acceptors (Lipinski definition) is 5. The number of fused-ring (bicyclic) bond motifs is 4. The second kappa shape index (κ2) is 3.72. The van der Waals surface area contributed by atoms with E-state index in [0.717, 1.165) is 23.1 Å². The smallest absolute Gasteiger partial charge is 0.270 e. The number of aromatic nitrogens is 3. The lowest BCUT2D eigenvalue weighted by atomic mass is 9.97. The van der Waals surface area contributed by atoms with Crippen LogP contribution in [0.15, 0.2) is 4.79 Å².